The van der Waals surface area contributed by atoms with Gasteiger partial charge in [-0.25, -0.2) is 9.97 Å². The summed E-state index contributed by atoms with van der Waals surface area (Å²) in [5.41, 5.74) is 0.800. The van der Waals surface area contributed by atoms with Crippen molar-refractivity contribution < 1.29 is 4.74 Å². The number of anilines is 1. The number of aryl methyl sites for hydroxylation is 1. The van der Waals surface area contributed by atoms with Gasteiger partial charge in [0, 0.05) is 13.1 Å². The number of aromatic amines is 1. The number of ether oxygens (including phenoxy) is 1. The molecule has 1 aliphatic rings. The summed E-state index contributed by atoms with van der Waals surface area (Å²) < 4.78 is 5.34. The fraction of sp³-hybridized carbons (Fsp3) is 0.500. The van der Waals surface area contributed by atoms with Crippen molar-refractivity contribution >= 4 is 16.9 Å². The van der Waals surface area contributed by atoms with Crippen LogP contribution in [0.1, 0.15) is 5.82 Å². The summed E-state index contributed by atoms with van der Waals surface area (Å²) in [6, 6.07) is 0. The van der Waals surface area contributed by atoms with Gasteiger partial charge in [0.15, 0.2) is 5.65 Å². The minimum atomic E-state index is 0.752. The van der Waals surface area contributed by atoms with Crippen LogP contribution in [0, 0.1) is 6.92 Å². The van der Waals surface area contributed by atoms with Crippen molar-refractivity contribution in [3.05, 3.63) is 12.0 Å². The number of hydrogen-bond acceptors (Lipinski definition) is 5. The molecule has 2 aromatic heterocycles. The second-order valence-electron chi connectivity index (χ2n) is 3.83. The van der Waals surface area contributed by atoms with E-state index in [-0.39, 0.29) is 0 Å². The first-order valence-electron chi connectivity index (χ1n) is 5.35. The third kappa shape index (κ3) is 1.51. The predicted molar refractivity (Wildman–Crippen MR) is 59.5 cm³/mol. The fourth-order valence-corrected chi connectivity index (χ4v) is 1.94. The van der Waals surface area contributed by atoms with Crippen LogP contribution in [0.4, 0.5) is 5.82 Å². The predicted octanol–water partition coefficient (Wildman–Crippen LogP) is 0.498. The fourth-order valence-electron chi connectivity index (χ4n) is 1.94. The maximum absolute atomic E-state index is 5.34. The molecule has 0 aliphatic carbocycles. The molecule has 0 saturated carbocycles. The summed E-state index contributed by atoms with van der Waals surface area (Å²) in [5.74, 6) is 1.72. The second kappa shape index (κ2) is 3.71. The first-order chi connectivity index (χ1) is 7.84. The molecule has 0 bridgehead atoms. The molecule has 1 fully saturated rings. The number of aromatic nitrogens is 4. The first-order valence-corrected chi connectivity index (χ1v) is 5.35. The zero-order valence-corrected chi connectivity index (χ0v) is 9.10. The van der Waals surface area contributed by atoms with Gasteiger partial charge in [-0.05, 0) is 6.92 Å². The Morgan fingerprint density at radius 2 is 2.12 bits per heavy atom. The smallest absolute Gasteiger partial charge is 0.161 e. The molecule has 3 rings (SSSR count). The van der Waals surface area contributed by atoms with Gasteiger partial charge in [0.2, 0.25) is 0 Å². The zero-order valence-electron chi connectivity index (χ0n) is 9.10. The molecule has 0 aromatic carbocycles. The number of nitrogens with zero attached hydrogens (tertiary/aromatic N) is 4. The van der Waals surface area contributed by atoms with Gasteiger partial charge in [0.25, 0.3) is 0 Å². The molecule has 6 heteroatoms. The quantitative estimate of drug-likeness (QED) is 0.756. The summed E-state index contributed by atoms with van der Waals surface area (Å²) in [6.45, 7) is 5.14. The van der Waals surface area contributed by atoms with Gasteiger partial charge >= 0.3 is 0 Å². The lowest BCUT2D eigenvalue weighted by atomic mass is 10.3. The van der Waals surface area contributed by atoms with E-state index < -0.39 is 0 Å². The summed E-state index contributed by atoms with van der Waals surface area (Å²) in [6.07, 6.45) is 1.78. The number of rotatable bonds is 1. The highest BCUT2D eigenvalue weighted by atomic mass is 16.5. The Labute approximate surface area is 92.6 Å². The van der Waals surface area contributed by atoms with Gasteiger partial charge in [-0.2, -0.15) is 5.10 Å². The topological polar surface area (TPSA) is 66.9 Å². The number of fused-ring (bicyclic) bond motifs is 1. The second-order valence-corrected chi connectivity index (χ2v) is 3.83. The standard InChI is InChI=1S/C10H13N5O/c1-7-12-9-8(6-11-14-9)10(13-7)15-2-4-16-5-3-15/h6H,2-5H2,1H3,(H,11,12,13,14). The van der Waals surface area contributed by atoms with Crippen LogP contribution in [0.3, 0.4) is 0 Å². The molecule has 1 N–H and O–H groups in total. The Morgan fingerprint density at radius 1 is 1.31 bits per heavy atom. The SMILES string of the molecule is Cc1nc(N2CCOCC2)c2cn[nH]c2n1. The van der Waals surface area contributed by atoms with E-state index in [2.05, 4.69) is 25.1 Å². The molecule has 0 unspecified atom stereocenters. The Bertz CT molecular complexity index is 503. The molecular formula is C10H13N5O. The maximum atomic E-state index is 5.34. The van der Waals surface area contributed by atoms with Crippen LogP contribution < -0.4 is 4.90 Å². The van der Waals surface area contributed by atoms with Crippen molar-refractivity contribution in [3.8, 4) is 0 Å². The first kappa shape index (κ1) is 9.53. The molecule has 6 nitrogen and oxygen atoms in total. The van der Waals surface area contributed by atoms with Gasteiger partial charge in [0.1, 0.15) is 11.6 Å². The average Bonchev–Trinajstić information content (AvgIpc) is 2.77. The van der Waals surface area contributed by atoms with Crippen molar-refractivity contribution in [2.75, 3.05) is 31.2 Å². The minimum absolute atomic E-state index is 0.752. The normalized spacial score (nSPS) is 16.9. The number of morpholine rings is 1. The highest BCUT2D eigenvalue weighted by molar-refractivity contribution is 5.86. The van der Waals surface area contributed by atoms with Crippen molar-refractivity contribution in [1.29, 1.82) is 0 Å². The molecule has 16 heavy (non-hydrogen) atoms. The van der Waals surface area contributed by atoms with Crippen molar-refractivity contribution in [3.63, 3.8) is 0 Å². The Kier molecular flexibility index (Phi) is 2.21. The molecule has 0 radical (unpaired) electrons. The van der Waals surface area contributed by atoms with Crippen LogP contribution >= 0.6 is 0 Å². The summed E-state index contributed by atoms with van der Waals surface area (Å²) in [4.78, 5) is 11.0. The van der Waals surface area contributed by atoms with Crippen LogP contribution in [0.25, 0.3) is 11.0 Å². The highest BCUT2D eigenvalue weighted by Crippen LogP contribution is 2.22. The molecule has 0 spiro atoms. The van der Waals surface area contributed by atoms with E-state index in [1.54, 1.807) is 6.20 Å². The number of nitrogens with one attached hydrogen (secondary N) is 1. The van der Waals surface area contributed by atoms with E-state index in [1.165, 1.54) is 0 Å². The Balaban J connectivity index is 2.09. The van der Waals surface area contributed by atoms with Crippen LogP contribution in [0.15, 0.2) is 6.20 Å². The van der Waals surface area contributed by atoms with Crippen molar-refractivity contribution in [1.82, 2.24) is 20.2 Å². The lowest BCUT2D eigenvalue weighted by Gasteiger charge is -2.28. The third-order valence-electron chi connectivity index (χ3n) is 2.71. The van der Waals surface area contributed by atoms with Gasteiger partial charge < -0.3 is 9.64 Å². The molecular weight excluding hydrogens is 206 g/mol. The lowest BCUT2D eigenvalue weighted by molar-refractivity contribution is 0.122. The number of hydrogen-bond donors (Lipinski definition) is 1. The van der Waals surface area contributed by atoms with E-state index in [0.717, 1.165) is 49.0 Å². The van der Waals surface area contributed by atoms with Crippen LogP contribution in [-0.4, -0.2) is 46.5 Å². The van der Waals surface area contributed by atoms with Gasteiger partial charge in [-0.15, -0.1) is 0 Å². The van der Waals surface area contributed by atoms with Crippen LogP contribution in [0.2, 0.25) is 0 Å². The third-order valence-corrected chi connectivity index (χ3v) is 2.71. The summed E-state index contributed by atoms with van der Waals surface area (Å²) in [5, 5.41) is 7.87. The van der Waals surface area contributed by atoms with Gasteiger partial charge in [-0.1, -0.05) is 0 Å². The molecule has 3 heterocycles. The van der Waals surface area contributed by atoms with Crippen molar-refractivity contribution in [2.45, 2.75) is 6.92 Å². The lowest BCUT2D eigenvalue weighted by Crippen LogP contribution is -2.37. The maximum Gasteiger partial charge on any atom is 0.161 e. The number of H-pyrrole nitrogens is 1. The molecule has 0 amide bonds. The Morgan fingerprint density at radius 3 is 2.94 bits per heavy atom. The molecule has 1 aliphatic heterocycles. The minimum Gasteiger partial charge on any atom is -0.378 e. The van der Waals surface area contributed by atoms with E-state index in [4.69, 9.17) is 4.74 Å². The van der Waals surface area contributed by atoms with E-state index in [0.29, 0.717) is 0 Å². The van der Waals surface area contributed by atoms with E-state index in [9.17, 15) is 0 Å². The largest absolute Gasteiger partial charge is 0.378 e. The molecule has 84 valence electrons. The van der Waals surface area contributed by atoms with Crippen LogP contribution in [-0.2, 0) is 4.74 Å². The summed E-state index contributed by atoms with van der Waals surface area (Å²) >= 11 is 0. The molecule has 1 saturated heterocycles. The van der Waals surface area contributed by atoms with Gasteiger partial charge in [0.05, 0.1) is 24.8 Å². The summed E-state index contributed by atoms with van der Waals surface area (Å²) in [7, 11) is 0. The van der Waals surface area contributed by atoms with Gasteiger partial charge in [-0.3, -0.25) is 5.10 Å². The highest BCUT2D eigenvalue weighted by Gasteiger charge is 2.17. The molecule has 2 aromatic rings. The molecule has 0 atom stereocenters. The van der Waals surface area contributed by atoms with Crippen molar-refractivity contribution in [2.24, 2.45) is 0 Å². The average molecular weight is 219 g/mol. The zero-order chi connectivity index (χ0) is 11.0. The van der Waals surface area contributed by atoms with E-state index >= 15 is 0 Å². The Hall–Kier alpha value is -1.69. The van der Waals surface area contributed by atoms with Crippen LogP contribution in [0.5, 0.6) is 0 Å². The monoisotopic (exact) mass is 219 g/mol. The van der Waals surface area contributed by atoms with E-state index in [1.807, 2.05) is 6.92 Å².